The van der Waals surface area contributed by atoms with Crippen LogP contribution in [0.3, 0.4) is 0 Å². The molecule has 0 amide bonds. The van der Waals surface area contributed by atoms with E-state index in [1.807, 2.05) is 0 Å². The van der Waals surface area contributed by atoms with Gasteiger partial charge < -0.3 is 5.11 Å². The Bertz CT molecular complexity index is 552. The van der Waals surface area contributed by atoms with Crippen molar-refractivity contribution in [1.29, 1.82) is 0 Å². The molecule has 0 aromatic carbocycles. The Labute approximate surface area is 135 Å². The number of aliphatic hydroxyl groups is 1. The monoisotopic (exact) mass is 298 g/mol. The molecule has 0 spiro atoms. The predicted octanol–water partition coefficient (Wildman–Crippen LogP) is 5.18. The van der Waals surface area contributed by atoms with Crippen LogP contribution in [-0.4, -0.2) is 11.2 Å². The molecule has 1 heteroatoms. The highest BCUT2D eigenvalue weighted by molar-refractivity contribution is 5.40. The van der Waals surface area contributed by atoms with Crippen LogP contribution in [0.15, 0.2) is 34.9 Å². The molecule has 2 saturated carbocycles. The highest BCUT2D eigenvalue weighted by atomic mass is 16.3. The number of rotatable bonds is 1. The van der Waals surface area contributed by atoms with Crippen LogP contribution >= 0.6 is 0 Å². The molecule has 5 atom stereocenters. The lowest BCUT2D eigenvalue weighted by Crippen LogP contribution is -2.42. The molecule has 0 heterocycles. The lowest BCUT2D eigenvalue weighted by atomic mass is 9.53. The van der Waals surface area contributed by atoms with Gasteiger partial charge in [0.2, 0.25) is 0 Å². The van der Waals surface area contributed by atoms with E-state index < -0.39 is 0 Å². The van der Waals surface area contributed by atoms with E-state index in [2.05, 4.69) is 32.1 Å². The molecule has 4 aliphatic rings. The second-order valence-electron chi connectivity index (χ2n) is 8.19. The van der Waals surface area contributed by atoms with E-state index in [0.29, 0.717) is 5.41 Å². The number of allylic oxidation sites excluding steroid dienone is 5. The number of fused-ring (bicyclic) bond motifs is 5. The number of aliphatic hydroxyl groups excluding tert-OH is 1. The first-order chi connectivity index (χ1) is 10.6. The minimum atomic E-state index is -0.214. The van der Waals surface area contributed by atoms with Crippen molar-refractivity contribution in [2.75, 3.05) is 0 Å². The molecular weight excluding hydrogens is 268 g/mol. The molecule has 120 valence electrons. The number of hydrogen-bond donors (Lipinski definition) is 1. The third-order valence-electron chi connectivity index (χ3n) is 7.30. The molecule has 0 saturated heterocycles. The summed E-state index contributed by atoms with van der Waals surface area (Å²) in [6, 6.07) is 0. The van der Waals surface area contributed by atoms with Crippen molar-refractivity contribution in [3.63, 3.8) is 0 Å². The van der Waals surface area contributed by atoms with Crippen molar-refractivity contribution in [1.82, 2.24) is 0 Å². The van der Waals surface area contributed by atoms with Gasteiger partial charge in [0.25, 0.3) is 0 Å². The summed E-state index contributed by atoms with van der Waals surface area (Å²) in [6.45, 7) is 4.88. The van der Waals surface area contributed by atoms with Crippen molar-refractivity contribution < 1.29 is 5.11 Å². The Morgan fingerprint density at radius 3 is 2.91 bits per heavy atom. The van der Waals surface area contributed by atoms with Gasteiger partial charge in [-0.3, -0.25) is 0 Å². The molecule has 2 fully saturated rings. The van der Waals surface area contributed by atoms with E-state index in [0.717, 1.165) is 30.6 Å². The van der Waals surface area contributed by atoms with Crippen LogP contribution in [0.5, 0.6) is 0 Å². The van der Waals surface area contributed by atoms with Crippen LogP contribution in [0.2, 0.25) is 0 Å². The normalized spacial score (nSPS) is 44.0. The van der Waals surface area contributed by atoms with Gasteiger partial charge in [0.15, 0.2) is 0 Å². The fourth-order valence-corrected chi connectivity index (χ4v) is 6.17. The quantitative estimate of drug-likeness (QED) is 0.662. The van der Waals surface area contributed by atoms with Crippen LogP contribution in [0.25, 0.3) is 0 Å². The van der Waals surface area contributed by atoms with Crippen LogP contribution in [0.4, 0.5) is 0 Å². The van der Waals surface area contributed by atoms with E-state index in [9.17, 15) is 5.11 Å². The Balaban J connectivity index is 1.64. The zero-order chi connectivity index (χ0) is 15.3. The second kappa shape index (κ2) is 5.37. The first-order valence-corrected chi connectivity index (χ1v) is 9.42. The van der Waals surface area contributed by atoms with Crippen LogP contribution in [-0.2, 0) is 0 Å². The van der Waals surface area contributed by atoms with Crippen molar-refractivity contribution >= 4 is 0 Å². The molecule has 4 aliphatic carbocycles. The fraction of sp³-hybridized carbons (Fsp3) is 0.714. The van der Waals surface area contributed by atoms with Gasteiger partial charge in [0, 0.05) is 0 Å². The first-order valence-electron chi connectivity index (χ1n) is 9.42. The van der Waals surface area contributed by atoms with E-state index in [-0.39, 0.29) is 6.10 Å². The lowest BCUT2D eigenvalue weighted by Gasteiger charge is -2.51. The largest absolute Gasteiger partial charge is 0.389 e. The maximum atomic E-state index is 10.1. The summed E-state index contributed by atoms with van der Waals surface area (Å²) in [4.78, 5) is 0. The van der Waals surface area contributed by atoms with E-state index in [1.54, 1.807) is 11.1 Å². The Kier molecular flexibility index (Phi) is 3.60. The fourth-order valence-electron chi connectivity index (χ4n) is 6.17. The minimum absolute atomic E-state index is 0.214. The molecule has 0 aromatic heterocycles. The van der Waals surface area contributed by atoms with Gasteiger partial charge in [0.05, 0.1) is 6.10 Å². The number of hydrogen-bond acceptors (Lipinski definition) is 1. The molecular formula is C21H30O. The SMILES string of the molecule is CCC1=CCC2C3CCC4=C[C@@H](O)CCC=C4C3CC[C@]12C. The van der Waals surface area contributed by atoms with Gasteiger partial charge in [-0.1, -0.05) is 37.6 Å². The average Bonchev–Trinajstić information content (AvgIpc) is 2.72. The minimum Gasteiger partial charge on any atom is -0.389 e. The summed E-state index contributed by atoms with van der Waals surface area (Å²) in [5.74, 6) is 2.52. The smallest absolute Gasteiger partial charge is 0.0729 e. The summed E-state index contributed by atoms with van der Waals surface area (Å²) in [5.41, 5.74) is 5.33. The topological polar surface area (TPSA) is 20.2 Å². The van der Waals surface area contributed by atoms with Crippen LogP contribution in [0, 0.1) is 23.2 Å². The van der Waals surface area contributed by atoms with E-state index in [1.165, 1.54) is 44.1 Å². The summed E-state index contributed by atoms with van der Waals surface area (Å²) >= 11 is 0. The Morgan fingerprint density at radius 2 is 2.09 bits per heavy atom. The summed E-state index contributed by atoms with van der Waals surface area (Å²) in [5, 5.41) is 10.1. The Hall–Kier alpha value is -0.820. The van der Waals surface area contributed by atoms with Gasteiger partial charge in [-0.15, -0.1) is 0 Å². The van der Waals surface area contributed by atoms with Crippen molar-refractivity contribution in [3.05, 3.63) is 34.9 Å². The van der Waals surface area contributed by atoms with Gasteiger partial charge in [-0.25, -0.2) is 0 Å². The standard InChI is InChI=1S/C21H30O/c1-3-15-8-10-20-19-9-7-14-13-16(22)5-4-6-17(14)18(19)11-12-21(15,20)2/h6,8,13,16,18-20,22H,3-5,7,9-12H2,1-2H3/t16-,18?,19?,20?,21+/m0/s1. The first kappa shape index (κ1) is 14.8. The molecule has 1 nitrogen and oxygen atoms in total. The lowest BCUT2D eigenvalue weighted by molar-refractivity contribution is 0.0565. The maximum Gasteiger partial charge on any atom is 0.0729 e. The van der Waals surface area contributed by atoms with Crippen LogP contribution < -0.4 is 0 Å². The van der Waals surface area contributed by atoms with Gasteiger partial charge in [-0.2, -0.15) is 0 Å². The third kappa shape index (κ3) is 2.08. The maximum absolute atomic E-state index is 10.1. The van der Waals surface area contributed by atoms with E-state index in [4.69, 9.17) is 0 Å². The molecule has 0 radical (unpaired) electrons. The second-order valence-corrected chi connectivity index (χ2v) is 8.19. The Morgan fingerprint density at radius 1 is 1.23 bits per heavy atom. The summed E-state index contributed by atoms with van der Waals surface area (Å²) in [7, 11) is 0. The van der Waals surface area contributed by atoms with E-state index >= 15 is 0 Å². The van der Waals surface area contributed by atoms with Crippen molar-refractivity contribution in [3.8, 4) is 0 Å². The van der Waals surface area contributed by atoms with Crippen LogP contribution in [0.1, 0.15) is 65.2 Å². The molecule has 0 aliphatic heterocycles. The summed E-state index contributed by atoms with van der Waals surface area (Å²) < 4.78 is 0. The molecule has 1 N–H and O–H groups in total. The average molecular weight is 298 g/mol. The van der Waals surface area contributed by atoms with Crippen molar-refractivity contribution in [2.24, 2.45) is 23.2 Å². The van der Waals surface area contributed by atoms with Crippen molar-refractivity contribution in [2.45, 2.75) is 71.3 Å². The predicted molar refractivity (Wildman–Crippen MR) is 91.4 cm³/mol. The molecule has 22 heavy (non-hydrogen) atoms. The molecule has 0 bridgehead atoms. The van der Waals surface area contributed by atoms with Gasteiger partial charge in [-0.05, 0) is 85.7 Å². The zero-order valence-electron chi connectivity index (χ0n) is 14.1. The highest BCUT2D eigenvalue weighted by Gasteiger charge is 2.51. The van der Waals surface area contributed by atoms with Gasteiger partial charge >= 0.3 is 0 Å². The highest BCUT2D eigenvalue weighted by Crippen LogP contribution is 2.61. The molecule has 0 aromatic rings. The summed E-state index contributed by atoms with van der Waals surface area (Å²) in [6.07, 6.45) is 16.8. The third-order valence-corrected chi connectivity index (χ3v) is 7.30. The molecule has 3 unspecified atom stereocenters. The zero-order valence-corrected chi connectivity index (χ0v) is 14.1. The van der Waals surface area contributed by atoms with Gasteiger partial charge in [0.1, 0.15) is 0 Å². The molecule has 4 rings (SSSR count).